The number of nitrogens with zero attached hydrogens (tertiary/aromatic N) is 2. The van der Waals surface area contributed by atoms with E-state index >= 15 is 0 Å². The van der Waals surface area contributed by atoms with Crippen molar-refractivity contribution in [2.45, 2.75) is 25.7 Å². The smallest absolute Gasteiger partial charge is 0.238 e. The number of furan rings is 1. The summed E-state index contributed by atoms with van der Waals surface area (Å²) in [5.74, 6) is 1.16. The van der Waals surface area contributed by atoms with E-state index in [0.717, 1.165) is 16.8 Å². The fourth-order valence-electron chi connectivity index (χ4n) is 3.27. The minimum Gasteiger partial charge on any atom is -0.461 e. The first-order valence-electron chi connectivity index (χ1n) is 9.54. The lowest BCUT2D eigenvalue weighted by Crippen LogP contribution is -2.21. The topological polar surface area (TPSA) is 81.2 Å². The molecule has 2 aromatic carbocycles. The second-order valence-electron chi connectivity index (χ2n) is 6.68. The van der Waals surface area contributed by atoms with Crippen LogP contribution in [0.2, 0.25) is 0 Å². The van der Waals surface area contributed by atoms with Crippen molar-refractivity contribution < 1.29 is 13.7 Å². The van der Waals surface area contributed by atoms with Gasteiger partial charge in [-0.05, 0) is 35.7 Å². The molecule has 0 saturated heterocycles. The van der Waals surface area contributed by atoms with Gasteiger partial charge in [-0.3, -0.25) is 4.79 Å². The van der Waals surface area contributed by atoms with Gasteiger partial charge in [0.25, 0.3) is 0 Å². The molecule has 146 valence electrons. The van der Waals surface area contributed by atoms with Gasteiger partial charge in [-0.25, -0.2) is 0 Å². The molecule has 0 aliphatic heterocycles. The number of hydrogen-bond donors (Lipinski definition) is 1. The number of para-hydroxylation sites is 1. The fraction of sp³-hybridized carbons (Fsp3) is 0.174. The number of hydrogen-bond acceptors (Lipinski definition) is 5. The Morgan fingerprint density at radius 1 is 1.03 bits per heavy atom. The molecule has 0 radical (unpaired) electrons. The Morgan fingerprint density at radius 3 is 2.59 bits per heavy atom. The van der Waals surface area contributed by atoms with Crippen LogP contribution in [0.15, 0.2) is 81.9 Å². The maximum Gasteiger partial charge on any atom is 0.238 e. The van der Waals surface area contributed by atoms with Crippen LogP contribution in [0, 0.1) is 0 Å². The van der Waals surface area contributed by atoms with Crippen molar-refractivity contribution in [3.8, 4) is 11.6 Å². The van der Waals surface area contributed by atoms with Gasteiger partial charge >= 0.3 is 0 Å². The van der Waals surface area contributed by atoms with Crippen LogP contribution in [-0.2, 0) is 11.2 Å². The van der Waals surface area contributed by atoms with E-state index in [1.165, 1.54) is 0 Å². The largest absolute Gasteiger partial charge is 0.461 e. The van der Waals surface area contributed by atoms with Crippen LogP contribution in [0.1, 0.15) is 36.3 Å². The summed E-state index contributed by atoms with van der Waals surface area (Å²) >= 11 is 0. The number of benzene rings is 2. The molecule has 1 unspecified atom stereocenters. The zero-order valence-corrected chi connectivity index (χ0v) is 16.0. The van der Waals surface area contributed by atoms with Crippen LogP contribution in [0.4, 0.5) is 5.69 Å². The van der Waals surface area contributed by atoms with Gasteiger partial charge in [0.15, 0.2) is 5.76 Å². The lowest BCUT2D eigenvalue weighted by Gasteiger charge is -2.17. The zero-order valence-electron chi connectivity index (χ0n) is 16.0. The van der Waals surface area contributed by atoms with Gasteiger partial charge in [-0.2, -0.15) is 4.98 Å². The van der Waals surface area contributed by atoms with Crippen molar-refractivity contribution in [3.63, 3.8) is 0 Å². The maximum atomic E-state index is 12.9. The number of carbonyl (C=O) groups is 1. The molecule has 6 nitrogen and oxygen atoms in total. The molecular weight excluding hydrogens is 366 g/mol. The van der Waals surface area contributed by atoms with E-state index in [4.69, 9.17) is 8.94 Å². The Morgan fingerprint density at radius 2 is 1.83 bits per heavy atom. The predicted octanol–water partition coefficient (Wildman–Crippen LogP) is 5.05. The highest BCUT2D eigenvalue weighted by Crippen LogP contribution is 2.25. The number of anilines is 1. The standard InChI is InChI=1S/C23H21N3O3/c1-2-18(16-9-4-3-5-10-16)23(27)24-19-12-7-6-11-17(19)15-21-25-22(26-29-21)20-13-8-14-28-20/h3-14,18H,2,15H2,1H3,(H,24,27). The lowest BCUT2D eigenvalue weighted by atomic mass is 9.95. The molecule has 2 heterocycles. The third-order valence-corrected chi connectivity index (χ3v) is 4.75. The van der Waals surface area contributed by atoms with E-state index in [1.807, 2.05) is 61.5 Å². The van der Waals surface area contributed by atoms with E-state index in [-0.39, 0.29) is 11.8 Å². The van der Waals surface area contributed by atoms with Crippen molar-refractivity contribution in [2.24, 2.45) is 0 Å². The molecule has 0 bridgehead atoms. The van der Waals surface area contributed by atoms with Crippen molar-refractivity contribution in [1.29, 1.82) is 0 Å². The Bertz CT molecular complexity index is 1070. The van der Waals surface area contributed by atoms with E-state index in [0.29, 0.717) is 30.3 Å². The average molecular weight is 387 g/mol. The normalized spacial score (nSPS) is 11.9. The van der Waals surface area contributed by atoms with Crippen molar-refractivity contribution in [1.82, 2.24) is 10.1 Å². The van der Waals surface area contributed by atoms with Gasteiger partial charge in [-0.1, -0.05) is 60.6 Å². The summed E-state index contributed by atoms with van der Waals surface area (Å²) in [6.07, 6.45) is 2.69. The SMILES string of the molecule is CCC(C(=O)Nc1ccccc1Cc1nc(-c2ccco2)no1)c1ccccc1. The van der Waals surface area contributed by atoms with Gasteiger partial charge in [0, 0.05) is 5.69 Å². The minimum absolute atomic E-state index is 0.0343. The summed E-state index contributed by atoms with van der Waals surface area (Å²) in [5.41, 5.74) is 2.65. The highest BCUT2D eigenvalue weighted by Gasteiger charge is 2.20. The van der Waals surface area contributed by atoms with E-state index in [2.05, 4.69) is 15.5 Å². The molecule has 1 atom stereocenters. The highest BCUT2D eigenvalue weighted by atomic mass is 16.5. The summed E-state index contributed by atoms with van der Waals surface area (Å²) in [4.78, 5) is 17.3. The monoisotopic (exact) mass is 387 g/mol. The van der Waals surface area contributed by atoms with Gasteiger partial charge in [0.2, 0.25) is 17.6 Å². The van der Waals surface area contributed by atoms with Gasteiger partial charge in [0.1, 0.15) is 0 Å². The quantitative estimate of drug-likeness (QED) is 0.480. The molecule has 0 aliphatic rings. The number of rotatable bonds is 7. The van der Waals surface area contributed by atoms with Gasteiger partial charge in [0.05, 0.1) is 18.6 Å². The predicted molar refractivity (Wildman–Crippen MR) is 109 cm³/mol. The summed E-state index contributed by atoms with van der Waals surface area (Å²) in [6, 6.07) is 21.0. The van der Waals surface area contributed by atoms with Crippen LogP contribution in [0.5, 0.6) is 0 Å². The molecule has 6 heteroatoms. The molecule has 0 spiro atoms. The Hall–Kier alpha value is -3.67. The van der Waals surface area contributed by atoms with Crippen LogP contribution in [0.3, 0.4) is 0 Å². The molecule has 0 fully saturated rings. The van der Waals surface area contributed by atoms with Crippen molar-refractivity contribution in [2.75, 3.05) is 5.32 Å². The molecule has 0 saturated carbocycles. The minimum atomic E-state index is -0.210. The Balaban J connectivity index is 1.52. The maximum absolute atomic E-state index is 12.9. The van der Waals surface area contributed by atoms with Crippen molar-refractivity contribution in [3.05, 3.63) is 90.0 Å². The third kappa shape index (κ3) is 4.27. The summed E-state index contributed by atoms with van der Waals surface area (Å²) < 4.78 is 10.7. The fourth-order valence-corrected chi connectivity index (χ4v) is 3.27. The zero-order chi connectivity index (χ0) is 20.1. The number of amides is 1. The van der Waals surface area contributed by atoms with Gasteiger partial charge in [-0.15, -0.1) is 0 Å². The van der Waals surface area contributed by atoms with Gasteiger partial charge < -0.3 is 14.3 Å². The highest BCUT2D eigenvalue weighted by molar-refractivity contribution is 5.96. The molecule has 1 N–H and O–H groups in total. The summed E-state index contributed by atoms with van der Waals surface area (Å²) in [6.45, 7) is 2.01. The Labute approximate surface area is 168 Å². The van der Waals surface area contributed by atoms with Crippen molar-refractivity contribution >= 4 is 11.6 Å². The average Bonchev–Trinajstić information content (AvgIpc) is 3.43. The molecule has 29 heavy (non-hydrogen) atoms. The molecule has 2 aromatic heterocycles. The molecule has 0 aliphatic carbocycles. The Kier molecular flexibility index (Phi) is 5.52. The summed E-state index contributed by atoms with van der Waals surface area (Å²) in [7, 11) is 0. The van der Waals surface area contributed by atoms with Crippen LogP contribution in [0.25, 0.3) is 11.6 Å². The van der Waals surface area contributed by atoms with Crippen LogP contribution < -0.4 is 5.32 Å². The van der Waals surface area contributed by atoms with Crippen LogP contribution in [-0.4, -0.2) is 16.0 Å². The number of carbonyl (C=O) groups excluding carboxylic acids is 1. The molecule has 4 rings (SSSR count). The number of aromatic nitrogens is 2. The first kappa shape index (κ1) is 18.7. The third-order valence-electron chi connectivity index (χ3n) is 4.75. The molecular formula is C23H21N3O3. The first-order chi connectivity index (χ1) is 14.2. The molecule has 4 aromatic rings. The van der Waals surface area contributed by atoms with Crippen LogP contribution >= 0.6 is 0 Å². The lowest BCUT2D eigenvalue weighted by molar-refractivity contribution is -0.117. The number of nitrogens with one attached hydrogen (secondary N) is 1. The first-order valence-corrected chi connectivity index (χ1v) is 9.54. The summed E-state index contributed by atoms with van der Waals surface area (Å²) in [5, 5.41) is 7.03. The molecule has 1 amide bonds. The van der Waals surface area contributed by atoms with E-state index in [1.54, 1.807) is 18.4 Å². The second-order valence-corrected chi connectivity index (χ2v) is 6.68. The van der Waals surface area contributed by atoms with E-state index < -0.39 is 0 Å². The van der Waals surface area contributed by atoms with E-state index in [9.17, 15) is 4.79 Å². The second kappa shape index (κ2) is 8.56.